The Morgan fingerprint density at radius 2 is 2.31 bits per heavy atom. The zero-order valence-corrected chi connectivity index (χ0v) is 9.65. The number of aromatic nitrogens is 1. The molecule has 0 spiro atoms. The zero-order valence-electron chi connectivity index (χ0n) is 8.08. The molecule has 0 fully saturated rings. The molecule has 80 valence electrons. The van der Waals surface area contributed by atoms with Gasteiger partial charge in [-0.2, -0.15) is 5.26 Å². The fourth-order valence-electron chi connectivity index (χ4n) is 1.28. The summed E-state index contributed by atoms with van der Waals surface area (Å²) in [7, 11) is 0. The van der Waals surface area contributed by atoms with Crippen LogP contribution in [0.25, 0.3) is 11.3 Å². The van der Waals surface area contributed by atoms with Crippen molar-refractivity contribution >= 4 is 22.9 Å². The maximum atomic E-state index is 12.8. The molecule has 16 heavy (non-hydrogen) atoms. The van der Waals surface area contributed by atoms with Crippen LogP contribution < -0.4 is 0 Å². The van der Waals surface area contributed by atoms with Crippen LogP contribution in [0.15, 0.2) is 23.6 Å². The number of halogens is 2. The molecule has 0 aliphatic rings. The molecule has 0 radical (unpaired) electrons. The van der Waals surface area contributed by atoms with E-state index in [1.54, 1.807) is 6.07 Å². The summed E-state index contributed by atoms with van der Waals surface area (Å²) in [6, 6.07) is 6.20. The Labute approximate surface area is 101 Å². The maximum absolute atomic E-state index is 12.8. The summed E-state index contributed by atoms with van der Waals surface area (Å²) in [5.74, 6) is -0.374. The predicted molar refractivity (Wildman–Crippen MR) is 61.8 cm³/mol. The van der Waals surface area contributed by atoms with Gasteiger partial charge in [0.05, 0.1) is 23.2 Å². The normalized spacial score (nSPS) is 10.1. The molecule has 1 heterocycles. The summed E-state index contributed by atoms with van der Waals surface area (Å²) < 4.78 is 12.8. The summed E-state index contributed by atoms with van der Waals surface area (Å²) in [5, 5.41) is 11.4. The van der Waals surface area contributed by atoms with Gasteiger partial charge in [-0.3, -0.25) is 0 Å². The van der Waals surface area contributed by atoms with E-state index in [-0.39, 0.29) is 12.2 Å². The molecule has 1 aromatic heterocycles. The van der Waals surface area contributed by atoms with Crippen molar-refractivity contribution in [2.45, 2.75) is 6.42 Å². The van der Waals surface area contributed by atoms with Gasteiger partial charge in [-0.1, -0.05) is 11.6 Å². The maximum Gasteiger partial charge on any atom is 0.124 e. The molecule has 1 aromatic carbocycles. The van der Waals surface area contributed by atoms with Crippen molar-refractivity contribution in [2.24, 2.45) is 0 Å². The van der Waals surface area contributed by atoms with Crippen LogP contribution in [0.2, 0.25) is 5.02 Å². The summed E-state index contributed by atoms with van der Waals surface area (Å²) in [6.45, 7) is 0. The number of nitriles is 1. The topological polar surface area (TPSA) is 36.7 Å². The molecule has 0 aliphatic heterocycles. The molecule has 0 amide bonds. The Morgan fingerprint density at radius 1 is 1.50 bits per heavy atom. The van der Waals surface area contributed by atoms with Crippen molar-refractivity contribution in [3.05, 3.63) is 39.4 Å². The molecular weight excluding hydrogens is 247 g/mol. The summed E-state index contributed by atoms with van der Waals surface area (Å²) in [5.41, 5.74) is 1.36. The zero-order chi connectivity index (χ0) is 11.5. The van der Waals surface area contributed by atoms with Crippen molar-refractivity contribution < 1.29 is 4.39 Å². The molecule has 0 unspecified atom stereocenters. The van der Waals surface area contributed by atoms with Crippen LogP contribution in [-0.2, 0) is 6.42 Å². The highest BCUT2D eigenvalue weighted by molar-refractivity contribution is 7.10. The van der Waals surface area contributed by atoms with Crippen LogP contribution in [0.4, 0.5) is 4.39 Å². The minimum atomic E-state index is -0.374. The lowest BCUT2D eigenvalue weighted by Crippen LogP contribution is -1.84. The van der Waals surface area contributed by atoms with Gasteiger partial charge < -0.3 is 0 Å². The Hall–Kier alpha value is -1.44. The van der Waals surface area contributed by atoms with E-state index in [2.05, 4.69) is 4.98 Å². The van der Waals surface area contributed by atoms with E-state index in [0.29, 0.717) is 16.3 Å². The molecule has 2 aromatic rings. The Morgan fingerprint density at radius 3 is 3.00 bits per heavy atom. The summed E-state index contributed by atoms with van der Waals surface area (Å²) in [6.07, 6.45) is 0.281. The van der Waals surface area contributed by atoms with Gasteiger partial charge in [-0.25, -0.2) is 9.37 Å². The van der Waals surface area contributed by atoms with Crippen LogP contribution in [0.3, 0.4) is 0 Å². The van der Waals surface area contributed by atoms with E-state index in [9.17, 15) is 4.39 Å². The monoisotopic (exact) mass is 252 g/mol. The molecule has 0 saturated carbocycles. The first-order valence-corrected chi connectivity index (χ1v) is 5.73. The fraction of sp³-hybridized carbons (Fsp3) is 0.0909. The molecule has 0 bridgehead atoms. The summed E-state index contributed by atoms with van der Waals surface area (Å²) >= 11 is 7.31. The average molecular weight is 253 g/mol. The Bertz CT molecular complexity index is 559. The second-order valence-electron chi connectivity index (χ2n) is 3.09. The average Bonchev–Trinajstić information content (AvgIpc) is 2.67. The minimum absolute atomic E-state index is 0.281. The van der Waals surface area contributed by atoms with Crippen LogP contribution in [0, 0.1) is 17.1 Å². The van der Waals surface area contributed by atoms with Crippen molar-refractivity contribution in [2.75, 3.05) is 0 Å². The van der Waals surface area contributed by atoms with Gasteiger partial charge in [0, 0.05) is 10.9 Å². The van der Waals surface area contributed by atoms with Gasteiger partial charge in [0.25, 0.3) is 0 Å². The number of hydrogen-bond donors (Lipinski definition) is 0. The predicted octanol–water partition coefficient (Wildman–Crippen LogP) is 3.67. The van der Waals surface area contributed by atoms with E-state index in [4.69, 9.17) is 16.9 Å². The standard InChI is InChI=1S/C11H6ClFN2S/c12-9-5-7(13)1-2-8(9)10-6-16-11(15-10)3-4-14/h1-2,5-6H,3H2. The highest BCUT2D eigenvalue weighted by atomic mass is 35.5. The van der Waals surface area contributed by atoms with Crippen LogP contribution >= 0.6 is 22.9 Å². The van der Waals surface area contributed by atoms with E-state index in [0.717, 1.165) is 5.01 Å². The second kappa shape index (κ2) is 4.60. The molecule has 0 aliphatic carbocycles. The lowest BCUT2D eigenvalue weighted by molar-refractivity contribution is 0.628. The number of hydrogen-bond acceptors (Lipinski definition) is 3. The Balaban J connectivity index is 2.39. The highest BCUT2D eigenvalue weighted by Gasteiger charge is 2.08. The first-order chi connectivity index (χ1) is 7.70. The van der Waals surface area contributed by atoms with Crippen molar-refractivity contribution in [3.8, 4) is 17.3 Å². The van der Waals surface area contributed by atoms with E-state index < -0.39 is 0 Å². The van der Waals surface area contributed by atoms with Crippen molar-refractivity contribution in [3.63, 3.8) is 0 Å². The van der Waals surface area contributed by atoms with Crippen molar-refractivity contribution in [1.29, 1.82) is 5.26 Å². The van der Waals surface area contributed by atoms with Gasteiger partial charge in [-0.15, -0.1) is 11.3 Å². The van der Waals surface area contributed by atoms with Crippen LogP contribution in [-0.4, -0.2) is 4.98 Å². The summed E-state index contributed by atoms with van der Waals surface area (Å²) in [4.78, 5) is 4.25. The lowest BCUT2D eigenvalue weighted by Gasteiger charge is -1.99. The number of thiazole rings is 1. The van der Waals surface area contributed by atoms with E-state index in [1.807, 2.05) is 11.4 Å². The first-order valence-electron chi connectivity index (χ1n) is 4.47. The fourth-order valence-corrected chi connectivity index (χ4v) is 2.27. The van der Waals surface area contributed by atoms with Gasteiger partial charge in [0.1, 0.15) is 10.8 Å². The Kier molecular flexibility index (Phi) is 3.18. The SMILES string of the molecule is N#CCc1nc(-c2ccc(F)cc2Cl)cs1. The van der Waals surface area contributed by atoms with E-state index >= 15 is 0 Å². The van der Waals surface area contributed by atoms with Gasteiger partial charge in [0.15, 0.2) is 0 Å². The molecule has 0 atom stereocenters. The number of benzene rings is 1. The third kappa shape index (κ3) is 2.21. The number of rotatable bonds is 2. The first kappa shape index (κ1) is 11.1. The van der Waals surface area contributed by atoms with Crippen molar-refractivity contribution in [1.82, 2.24) is 4.98 Å². The van der Waals surface area contributed by atoms with Gasteiger partial charge in [0.2, 0.25) is 0 Å². The largest absolute Gasteiger partial charge is 0.240 e. The smallest absolute Gasteiger partial charge is 0.124 e. The number of nitrogens with zero attached hydrogens (tertiary/aromatic N) is 2. The molecule has 0 saturated heterocycles. The quantitative estimate of drug-likeness (QED) is 0.818. The molecular formula is C11H6ClFN2S. The molecule has 5 heteroatoms. The molecule has 2 nitrogen and oxygen atoms in total. The highest BCUT2D eigenvalue weighted by Crippen LogP contribution is 2.29. The van der Waals surface area contributed by atoms with Gasteiger partial charge >= 0.3 is 0 Å². The minimum Gasteiger partial charge on any atom is -0.240 e. The third-order valence-electron chi connectivity index (χ3n) is 1.99. The van der Waals surface area contributed by atoms with E-state index in [1.165, 1.54) is 23.5 Å². The van der Waals surface area contributed by atoms with Crippen LogP contribution in [0.1, 0.15) is 5.01 Å². The third-order valence-corrected chi connectivity index (χ3v) is 3.15. The lowest BCUT2D eigenvalue weighted by atomic mass is 10.2. The van der Waals surface area contributed by atoms with Gasteiger partial charge in [-0.05, 0) is 18.2 Å². The van der Waals surface area contributed by atoms with Crippen LogP contribution in [0.5, 0.6) is 0 Å². The molecule has 0 N–H and O–H groups in total. The molecule has 2 rings (SSSR count). The second-order valence-corrected chi connectivity index (χ2v) is 4.44.